The number of carbonyl (C=O) groups excluding carboxylic acids is 1. The second-order valence-corrected chi connectivity index (χ2v) is 6.76. The van der Waals surface area contributed by atoms with E-state index >= 15 is 0 Å². The number of hydrogen-bond donors (Lipinski definition) is 2. The van der Waals surface area contributed by atoms with Gasteiger partial charge in [0, 0.05) is 29.7 Å². The summed E-state index contributed by atoms with van der Waals surface area (Å²) < 4.78 is 61.9. The number of fused-ring (bicyclic) bond motifs is 1. The number of ether oxygens (including phenoxy) is 1. The van der Waals surface area contributed by atoms with Crippen LogP contribution < -0.4 is 10.2 Å². The van der Waals surface area contributed by atoms with Crippen LogP contribution in [0, 0.1) is 5.82 Å². The maximum atomic E-state index is 14.3. The molecule has 1 aliphatic heterocycles. The van der Waals surface area contributed by atoms with Crippen molar-refractivity contribution in [2.24, 2.45) is 0 Å². The Hall–Kier alpha value is -3.01. The Labute approximate surface area is 166 Å². The lowest BCUT2D eigenvalue weighted by Crippen LogP contribution is -2.54. The summed E-state index contributed by atoms with van der Waals surface area (Å²) in [5.74, 6) is -1.02. The van der Waals surface area contributed by atoms with E-state index in [9.17, 15) is 27.2 Å². The quantitative estimate of drug-likeness (QED) is 0.657. The van der Waals surface area contributed by atoms with Gasteiger partial charge >= 0.3 is 18.4 Å². The van der Waals surface area contributed by atoms with Crippen LogP contribution in [-0.2, 0) is 16.8 Å². The van der Waals surface area contributed by atoms with Gasteiger partial charge in [-0.15, -0.1) is 0 Å². The molecule has 2 aromatic rings. The second kappa shape index (κ2) is 7.11. The van der Waals surface area contributed by atoms with E-state index in [0.717, 1.165) is 29.2 Å². The highest BCUT2D eigenvalue weighted by Gasteiger charge is 2.63. The van der Waals surface area contributed by atoms with E-state index in [2.05, 4.69) is 0 Å². The van der Waals surface area contributed by atoms with Gasteiger partial charge in [-0.3, -0.25) is 10.2 Å². The van der Waals surface area contributed by atoms with Crippen molar-refractivity contribution in [3.63, 3.8) is 0 Å². The first-order valence-electron chi connectivity index (χ1n) is 8.06. The van der Waals surface area contributed by atoms with Gasteiger partial charge in [0.15, 0.2) is 0 Å². The second-order valence-electron chi connectivity index (χ2n) is 6.33. The summed E-state index contributed by atoms with van der Waals surface area (Å²) in [7, 11) is 1.23. The zero-order chi connectivity index (χ0) is 21.6. The predicted molar refractivity (Wildman–Crippen MR) is 95.8 cm³/mol. The molecule has 1 aliphatic rings. The molecule has 0 radical (unpaired) electrons. The van der Waals surface area contributed by atoms with Crippen molar-refractivity contribution in [3.8, 4) is 0 Å². The van der Waals surface area contributed by atoms with E-state index in [1.807, 2.05) is 5.32 Å². The van der Waals surface area contributed by atoms with E-state index in [4.69, 9.17) is 21.4 Å². The van der Waals surface area contributed by atoms with Gasteiger partial charge in [0.25, 0.3) is 0 Å². The summed E-state index contributed by atoms with van der Waals surface area (Å²) in [6, 6.07) is 6.34. The van der Waals surface area contributed by atoms with Crippen molar-refractivity contribution in [1.82, 2.24) is 0 Å². The molecule has 0 bridgehead atoms. The van der Waals surface area contributed by atoms with Crippen molar-refractivity contribution >= 4 is 35.2 Å². The van der Waals surface area contributed by atoms with E-state index in [0.29, 0.717) is 0 Å². The van der Waals surface area contributed by atoms with Gasteiger partial charge in [0.05, 0.1) is 5.69 Å². The predicted octanol–water partition coefficient (Wildman–Crippen LogP) is 5.16. The average molecular weight is 433 g/mol. The standard InChI is InChI=1S/C18H13ClF4N2O4/c1-25-14-5-2-10(19)7-12(14)17(18(21,22)23,29-16(25)28)8-9-6-11(24-15(26)27)3-4-13(9)20/h2-7,24H,8H2,1H3,(H,26,27). The summed E-state index contributed by atoms with van der Waals surface area (Å²) in [4.78, 5) is 23.8. The van der Waals surface area contributed by atoms with Crippen LogP contribution in [0.15, 0.2) is 36.4 Å². The first-order valence-corrected chi connectivity index (χ1v) is 8.44. The van der Waals surface area contributed by atoms with E-state index < -0.39 is 47.3 Å². The molecule has 6 nitrogen and oxygen atoms in total. The number of benzene rings is 2. The molecule has 0 fully saturated rings. The first kappa shape index (κ1) is 20.7. The topological polar surface area (TPSA) is 78.9 Å². The van der Waals surface area contributed by atoms with Crippen LogP contribution >= 0.6 is 11.6 Å². The summed E-state index contributed by atoms with van der Waals surface area (Å²) in [5, 5.41) is 10.7. The summed E-state index contributed by atoms with van der Waals surface area (Å²) in [6.07, 6.45) is -9.01. The Kier molecular flexibility index (Phi) is 5.08. The van der Waals surface area contributed by atoms with Crippen LogP contribution in [0.4, 0.5) is 38.5 Å². The molecule has 0 saturated heterocycles. The number of nitrogens with one attached hydrogen (secondary N) is 1. The molecule has 0 aromatic heterocycles. The third-order valence-electron chi connectivity index (χ3n) is 4.48. The molecule has 2 N–H and O–H groups in total. The number of amides is 2. The Morgan fingerprint density at radius 2 is 1.97 bits per heavy atom. The van der Waals surface area contributed by atoms with Gasteiger partial charge in [0.2, 0.25) is 5.60 Å². The number of rotatable bonds is 3. The molecule has 2 amide bonds. The molecule has 1 heterocycles. The molecule has 1 unspecified atom stereocenters. The molecular weight excluding hydrogens is 420 g/mol. The number of carboxylic acid groups (broad SMARTS) is 1. The highest BCUT2D eigenvalue weighted by atomic mass is 35.5. The molecule has 2 aromatic carbocycles. The molecule has 0 saturated carbocycles. The zero-order valence-electron chi connectivity index (χ0n) is 14.7. The minimum Gasteiger partial charge on any atom is -0.465 e. The van der Waals surface area contributed by atoms with Crippen molar-refractivity contribution in [3.05, 3.63) is 58.4 Å². The third kappa shape index (κ3) is 3.67. The number of carbonyl (C=O) groups is 2. The van der Waals surface area contributed by atoms with Gasteiger partial charge < -0.3 is 9.84 Å². The van der Waals surface area contributed by atoms with Gasteiger partial charge in [-0.2, -0.15) is 13.2 Å². The number of alkyl halides is 3. The fourth-order valence-electron chi connectivity index (χ4n) is 3.12. The SMILES string of the molecule is CN1C(=O)OC(Cc2cc(NC(=O)O)ccc2F)(C(F)(F)F)c2cc(Cl)ccc21. The average Bonchev–Trinajstić information content (AvgIpc) is 2.60. The lowest BCUT2D eigenvalue weighted by molar-refractivity contribution is -0.265. The zero-order valence-corrected chi connectivity index (χ0v) is 15.4. The fraction of sp³-hybridized carbons (Fsp3) is 0.222. The van der Waals surface area contributed by atoms with Crippen LogP contribution in [-0.4, -0.2) is 30.5 Å². The Balaban J connectivity index is 2.21. The number of anilines is 2. The van der Waals surface area contributed by atoms with Crippen LogP contribution in [0.1, 0.15) is 11.1 Å². The monoisotopic (exact) mass is 432 g/mol. The van der Waals surface area contributed by atoms with Gasteiger partial charge in [0.1, 0.15) is 5.82 Å². The largest absolute Gasteiger partial charge is 0.465 e. The summed E-state index contributed by atoms with van der Waals surface area (Å²) >= 11 is 5.88. The van der Waals surface area contributed by atoms with Crippen LogP contribution in [0.3, 0.4) is 0 Å². The Morgan fingerprint density at radius 1 is 1.28 bits per heavy atom. The van der Waals surface area contributed by atoms with Gasteiger partial charge in [-0.05, 0) is 42.0 Å². The minimum absolute atomic E-state index is 0.0366. The Bertz CT molecular complexity index is 998. The smallest absolute Gasteiger partial charge is 0.433 e. The first-order chi connectivity index (χ1) is 13.4. The number of nitrogens with zero attached hydrogens (tertiary/aromatic N) is 1. The van der Waals surface area contributed by atoms with E-state index in [1.165, 1.54) is 19.2 Å². The molecule has 0 spiro atoms. The van der Waals surface area contributed by atoms with Crippen LogP contribution in [0.2, 0.25) is 5.02 Å². The molecule has 3 rings (SSSR count). The Morgan fingerprint density at radius 3 is 2.59 bits per heavy atom. The summed E-state index contributed by atoms with van der Waals surface area (Å²) in [6.45, 7) is 0. The molecule has 29 heavy (non-hydrogen) atoms. The third-order valence-corrected chi connectivity index (χ3v) is 4.72. The van der Waals surface area contributed by atoms with Crippen molar-refractivity contribution < 1.29 is 37.0 Å². The van der Waals surface area contributed by atoms with Crippen molar-refractivity contribution in [2.45, 2.75) is 18.2 Å². The maximum absolute atomic E-state index is 14.3. The fourth-order valence-corrected chi connectivity index (χ4v) is 3.29. The molecular formula is C18H13ClF4N2O4. The van der Waals surface area contributed by atoms with Crippen LogP contribution in [0.25, 0.3) is 0 Å². The number of cyclic esters (lactones) is 1. The molecule has 11 heteroatoms. The lowest BCUT2D eigenvalue weighted by Gasteiger charge is -2.42. The van der Waals surface area contributed by atoms with Crippen molar-refractivity contribution in [2.75, 3.05) is 17.3 Å². The maximum Gasteiger partial charge on any atom is 0.433 e. The molecule has 1 atom stereocenters. The van der Waals surface area contributed by atoms with Gasteiger partial charge in [-0.1, -0.05) is 11.6 Å². The normalized spacial score (nSPS) is 18.8. The summed E-state index contributed by atoms with van der Waals surface area (Å²) in [5.41, 5.74) is -4.42. The molecule has 0 aliphatic carbocycles. The van der Waals surface area contributed by atoms with Crippen LogP contribution in [0.5, 0.6) is 0 Å². The van der Waals surface area contributed by atoms with E-state index in [1.54, 1.807) is 0 Å². The minimum atomic E-state index is -5.13. The van der Waals surface area contributed by atoms with Crippen molar-refractivity contribution in [1.29, 1.82) is 0 Å². The van der Waals surface area contributed by atoms with Gasteiger partial charge in [-0.25, -0.2) is 14.0 Å². The number of halogens is 5. The van der Waals surface area contributed by atoms with E-state index in [-0.39, 0.29) is 16.4 Å². The number of hydrogen-bond acceptors (Lipinski definition) is 3. The highest BCUT2D eigenvalue weighted by molar-refractivity contribution is 6.30. The highest BCUT2D eigenvalue weighted by Crippen LogP contribution is 2.51. The lowest BCUT2D eigenvalue weighted by atomic mass is 9.83. The molecule has 154 valence electrons.